The SMILES string of the molecule is CCn1nc(C)c(CN2CCOc3ccc(C4(O)CCN(C)CC4)cc3C2)c1C. The predicted octanol–water partition coefficient (Wildman–Crippen LogP) is 2.83. The Hall–Kier alpha value is -1.89. The predicted molar refractivity (Wildman–Crippen MR) is 114 cm³/mol. The molecule has 0 aliphatic carbocycles. The van der Waals surface area contributed by atoms with E-state index in [1.54, 1.807) is 0 Å². The monoisotopic (exact) mass is 398 g/mol. The lowest BCUT2D eigenvalue weighted by Gasteiger charge is -2.37. The van der Waals surface area contributed by atoms with Crippen LogP contribution >= 0.6 is 0 Å². The van der Waals surface area contributed by atoms with Gasteiger partial charge in [-0.3, -0.25) is 9.58 Å². The summed E-state index contributed by atoms with van der Waals surface area (Å²) in [6.07, 6.45) is 1.56. The third-order valence-electron chi connectivity index (χ3n) is 6.68. The zero-order chi connectivity index (χ0) is 20.6. The van der Waals surface area contributed by atoms with Crippen LogP contribution < -0.4 is 4.74 Å². The lowest BCUT2D eigenvalue weighted by molar-refractivity contribution is -0.0204. The van der Waals surface area contributed by atoms with Crippen LogP contribution in [-0.2, 0) is 25.2 Å². The summed E-state index contributed by atoms with van der Waals surface area (Å²) < 4.78 is 8.13. The van der Waals surface area contributed by atoms with Gasteiger partial charge in [-0.1, -0.05) is 6.07 Å². The van der Waals surface area contributed by atoms with Crippen molar-refractivity contribution in [1.82, 2.24) is 19.6 Å². The van der Waals surface area contributed by atoms with Gasteiger partial charge in [-0.05, 0) is 58.4 Å². The van der Waals surface area contributed by atoms with Crippen molar-refractivity contribution in [2.45, 2.75) is 58.8 Å². The summed E-state index contributed by atoms with van der Waals surface area (Å²) in [6, 6.07) is 6.28. The van der Waals surface area contributed by atoms with Gasteiger partial charge in [0.05, 0.1) is 11.3 Å². The van der Waals surface area contributed by atoms with E-state index >= 15 is 0 Å². The van der Waals surface area contributed by atoms with Gasteiger partial charge in [0.2, 0.25) is 0 Å². The number of aliphatic hydroxyl groups is 1. The van der Waals surface area contributed by atoms with Crippen LogP contribution in [0.3, 0.4) is 0 Å². The topological polar surface area (TPSA) is 53.8 Å². The molecule has 1 aromatic carbocycles. The summed E-state index contributed by atoms with van der Waals surface area (Å²) in [6.45, 7) is 12.4. The molecular formula is C23H34N4O2. The average Bonchev–Trinajstić information content (AvgIpc) is 2.87. The summed E-state index contributed by atoms with van der Waals surface area (Å²) >= 11 is 0. The van der Waals surface area contributed by atoms with Gasteiger partial charge in [0.1, 0.15) is 12.4 Å². The van der Waals surface area contributed by atoms with Crippen molar-refractivity contribution in [2.75, 3.05) is 33.3 Å². The van der Waals surface area contributed by atoms with Gasteiger partial charge in [0.15, 0.2) is 0 Å². The van der Waals surface area contributed by atoms with Gasteiger partial charge >= 0.3 is 0 Å². The number of piperidine rings is 1. The van der Waals surface area contributed by atoms with Gasteiger partial charge in [0.25, 0.3) is 0 Å². The number of fused-ring (bicyclic) bond motifs is 1. The number of aromatic nitrogens is 2. The van der Waals surface area contributed by atoms with Crippen LogP contribution in [0.4, 0.5) is 0 Å². The van der Waals surface area contributed by atoms with Gasteiger partial charge in [-0.15, -0.1) is 0 Å². The van der Waals surface area contributed by atoms with E-state index in [-0.39, 0.29) is 0 Å². The molecule has 1 fully saturated rings. The standard InChI is InChI=1S/C23H34N4O2/c1-5-27-18(3)21(17(2)24-27)16-26-12-13-29-22-7-6-20(14-19(22)15-26)23(28)8-10-25(4)11-9-23/h6-7,14,28H,5,8-13,15-16H2,1-4H3. The van der Waals surface area contributed by atoms with Crippen molar-refractivity contribution in [3.05, 3.63) is 46.3 Å². The highest BCUT2D eigenvalue weighted by atomic mass is 16.5. The van der Waals surface area contributed by atoms with E-state index in [2.05, 4.69) is 65.6 Å². The minimum Gasteiger partial charge on any atom is -0.492 e. The van der Waals surface area contributed by atoms with Crippen LogP contribution in [0.25, 0.3) is 0 Å². The molecule has 0 saturated carbocycles. The first-order valence-corrected chi connectivity index (χ1v) is 10.8. The van der Waals surface area contributed by atoms with Crippen molar-refractivity contribution in [2.24, 2.45) is 0 Å². The molecule has 0 radical (unpaired) electrons. The second kappa shape index (κ2) is 8.09. The number of nitrogens with zero attached hydrogens (tertiary/aromatic N) is 4. The number of benzene rings is 1. The number of hydrogen-bond donors (Lipinski definition) is 1. The highest BCUT2D eigenvalue weighted by Gasteiger charge is 2.33. The molecule has 0 atom stereocenters. The highest BCUT2D eigenvalue weighted by molar-refractivity contribution is 5.40. The Bertz CT molecular complexity index is 868. The van der Waals surface area contributed by atoms with E-state index in [1.165, 1.54) is 16.8 Å². The zero-order valence-electron chi connectivity index (χ0n) is 18.2. The van der Waals surface area contributed by atoms with Crippen LogP contribution in [0, 0.1) is 13.8 Å². The number of likely N-dealkylation sites (tertiary alicyclic amines) is 1. The van der Waals surface area contributed by atoms with E-state index in [0.717, 1.165) is 69.1 Å². The maximum Gasteiger partial charge on any atom is 0.123 e. The highest BCUT2D eigenvalue weighted by Crippen LogP contribution is 2.36. The molecule has 0 unspecified atom stereocenters. The van der Waals surface area contributed by atoms with Gasteiger partial charge in [0, 0.05) is 56.1 Å². The van der Waals surface area contributed by atoms with E-state index in [4.69, 9.17) is 4.74 Å². The van der Waals surface area contributed by atoms with Crippen LogP contribution in [0.15, 0.2) is 18.2 Å². The molecular weight excluding hydrogens is 364 g/mol. The van der Waals surface area contributed by atoms with Crippen LogP contribution in [0.2, 0.25) is 0 Å². The van der Waals surface area contributed by atoms with E-state index < -0.39 is 5.60 Å². The maximum absolute atomic E-state index is 11.2. The van der Waals surface area contributed by atoms with Crippen molar-refractivity contribution in [3.63, 3.8) is 0 Å². The molecule has 0 amide bonds. The second-order valence-corrected chi connectivity index (χ2v) is 8.68. The molecule has 2 aromatic rings. The van der Waals surface area contributed by atoms with Crippen molar-refractivity contribution < 1.29 is 9.84 Å². The molecule has 158 valence electrons. The number of hydrogen-bond acceptors (Lipinski definition) is 5. The number of rotatable bonds is 4. The lowest BCUT2D eigenvalue weighted by atomic mass is 9.84. The molecule has 1 N–H and O–H groups in total. The Balaban J connectivity index is 1.56. The third-order valence-corrected chi connectivity index (χ3v) is 6.68. The van der Waals surface area contributed by atoms with Crippen LogP contribution in [-0.4, -0.2) is 58.0 Å². The quantitative estimate of drug-likeness (QED) is 0.858. The van der Waals surface area contributed by atoms with Crippen molar-refractivity contribution >= 4 is 0 Å². The summed E-state index contributed by atoms with van der Waals surface area (Å²) in [4.78, 5) is 4.72. The van der Waals surface area contributed by atoms with E-state index in [1.807, 2.05) is 0 Å². The summed E-state index contributed by atoms with van der Waals surface area (Å²) in [5, 5.41) is 15.9. The fourth-order valence-corrected chi connectivity index (χ4v) is 4.64. The number of aryl methyl sites for hydroxylation is 2. The largest absolute Gasteiger partial charge is 0.492 e. The molecule has 2 aliphatic heterocycles. The Kier molecular flexibility index (Phi) is 5.69. The summed E-state index contributed by atoms with van der Waals surface area (Å²) in [5.41, 5.74) is 5.16. The van der Waals surface area contributed by atoms with Crippen molar-refractivity contribution in [1.29, 1.82) is 0 Å². The van der Waals surface area contributed by atoms with Gasteiger partial charge in [-0.2, -0.15) is 5.10 Å². The summed E-state index contributed by atoms with van der Waals surface area (Å²) in [5.74, 6) is 0.950. The average molecular weight is 399 g/mol. The first-order valence-electron chi connectivity index (χ1n) is 10.8. The zero-order valence-corrected chi connectivity index (χ0v) is 18.2. The van der Waals surface area contributed by atoms with Crippen LogP contribution in [0.5, 0.6) is 5.75 Å². The maximum atomic E-state index is 11.2. The van der Waals surface area contributed by atoms with Crippen LogP contribution in [0.1, 0.15) is 47.8 Å². The molecule has 3 heterocycles. The van der Waals surface area contributed by atoms with E-state index in [0.29, 0.717) is 6.61 Å². The lowest BCUT2D eigenvalue weighted by Crippen LogP contribution is -2.40. The summed E-state index contributed by atoms with van der Waals surface area (Å²) in [7, 11) is 2.12. The molecule has 1 saturated heterocycles. The minimum atomic E-state index is -0.728. The smallest absolute Gasteiger partial charge is 0.123 e. The Morgan fingerprint density at radius 1 is 1.17 bits per heavy atom. The first-order chi connectivity index (χ1) is 13.9. The fourth-order valence-electron chi connectivity index (χ4n) is 4.64. The third kappa shape index (κ3) is 4.06. The Morgan fingerprint density at radius 3 is 2.62 bits per heavy atom. The van der Waals surface area contributed by atoms with Crippen molar-refractivity contribution in [3.8, 4) is 5.75 Å². The Labute approximate surface area is 174 Å². The normalized spacial score (nSPS) is 20.2. The van der Waals surface area contributed by atoms with Gasteiger partial charge in [-0.25, -0.2) is 0 Å². The number of ether oxygens (including phenoxy) is 1. The minimum absolute atomic E-state index is 0.682. The molecule has 4 rings (SSSR count). The molecule has 6 nitrogen and oxygen atoms in total. The van der Waals surface area contributed by atoms with Gasteiger partial charge < -0.3 is 14.7 Å². The molecule has 0 spiro atoms. The molecule has 29 heavy (non-hydrogen) atoms. The fraction of sp³-hybridized carbons (Fsp3) is 0.609. The molecule has 0 bridgehead atoms. The second-order valence-electron chi connectivity index (χ2n) is 8.68. The molecule has 6 heteroatoms. The van der Waals surface area contributed by atoms with E-state index in [9.17, 15) is 5.11 Å². The molecule has 2 aliphatic rings. The molecule has 1 aromatic heterocycles. The Morgan fingerprint density at radius 2 is 1.93 bits per heavy atom. The first kappa shape index (κ1) is 20.4.